The van der Waals surface area contributed by atoms with Crippen LogP contribution in [-0.4, -0.2) is 23.4 Å². The van der Waals surface area contributed by atoms with Crippen LogP contribution >= 0.6 is 0 Å². The molecular formula is C13H20N2O. The Hall–Kier alpha value is -1.22. The van der Waals surface area contributed by atoms with Gasteiger partial charge >= 0.3 is 0 Å². The van der Waals surface area contributed by atoms with Crippen LogP contribution in [0.5, 0.6) is 0 Å². The zero-order valence-corrected chi connectivity index (χ0v) is 10.1. The number of carbonyl (C=O) groups excluding carboxylic acids is 1. The second-order valence-corrected chi connectivity index (χ2v) is 4.29. The molecule has 1 heterocycles. The average Bonchev–Trinajstić information content (AvgIpc) is 2.25. The van der Waals surface area contributed by atoms with Gasteiger partial charge in [0, 0.05) is 31.3 Å². The third kappa shape index (κ3) is 5.61. The summed E-state index contributed by atoms with van der Waals surface area (Å²) in [6.07, 6.45) is 5.55. The van der Waals surface area contributed by atoms with Crippen molar-refractivity contribution in [2.45, 2.75) is 39.2 Å². The molecule has 1 aromatic heterocycles. The van der Waals surface area contributed by atoms with Crippen LogP contribution in [0.1, 0.15) is 32.3 Å². The van der Waals surface area contributed by atoms with E-state index < -0.39 is 0 Å². The number of Topliss-reactive ketones (excluding diaryl/α,β-unsaturated/α-hetero) is 1. The summed E-state index contributed by atoms with van der Waals surface area (Å²) in [5.74, 6) is 0.290. The number of hydrogen-bond acceptors (Lipinski definition) is 3. The van der Waals surface area contributed by atoms with E-state index >= 15 is 0 Å². The Labute approximate surface area is 97.3 Å². The molecule has 16 heavy (non-hydrogen) atoms. The number of rotatable bonds is 7. The third-order valence-corrected chi connectivity index (χ3v) is 2.31. The molecule has 88 valence electrons. The molecule has 0 atom stereocenters. The maximum atomic E-state index is 11.6. The first-order chi connectivity index (χ1) is 7.68. The predicted octanol–water partition coefficient (Wildman–Crippen LogP) is 1.97. The van der Waals surface area contributed by atoms with E-state index in [2.05, 4.69) is 24.1 Å². The molecule has 1 aromatic rings. The highest BCUT2D eigenvalue weighted by molar-refractivity contribution is 5.80. The lowest BCUT2D eigenvalue weighted by atomic mass is 10.1. The quantitative estimate of drug-likeness (QED) is 0.714. The molecule has 0 saturated carbocycles. The normalized spacial score (nSPS) is 10.7. The van der Waals surface area contributed by atoms with E-state index in [0.29, 0.717) is 24.7 Å². The molecule has 0 aliphatic rings. The maximum Gasteiger partial charge on any atom is 0.137 e. The molecule has 0 fully saturated rings. The Morgan fingerprint density at radius 2 is 2.31 bits per heavy atom. The van der Waals surface area contributed by atoms with E-state index in [4.69, 9.17) is 0 Å². The number of nitrogens with one attached hydrogen (secondary N) is 1. The second-order valence-electron chi connectivity index (χ2n) is 4.29. The number of aromatic nitrogens is 1. The summed E-state index contributed by atoms with van der Waals surface area (Å²) in [7, 11) is 0. The van der Waals surface area contributed by atoms with E-state index in [1.54, 1.807) is 12.4 Å². The summed E-state index contributed by atoms with van der Waals surface area (Å²) >= 11 is 0. The van der Waals surface area contributed by atoms with Crippen molar-refractivity contribution in [1.82, 2.24) is 10.3 Å². The maximum absolute atomic E-state index is 11.6. The minimum atomic E-state index is 0.290. The zero-order chi connectivity index (χ0) is 11.8. The molecule has 0 aromatic carbocycles. The number of hydrogen-bond donors (Lipinski definition) is 1. The highest BCUT2D eigenvalue weighted by atomic mass is 16.1. The lowest BCUT2D eigenvalue weighted by Gasteiger charge is -2.07. The van der Waals surface area contributed by atoms with E-state index in [1.807, 2.05) is 12.1 Å². The summed E-state index contributed by atoms with van der Waals surface area (Å²) < 4.78 is 0. The van der Waals surface area contributed by atoms with Gasteiger partial charge in [-0.15, -0.1) is 0 Å². The fraction of sp³-hybridized carbons (Fsp3) is 0.538. The molecule has 0 unspecified atom stereocenters. The van der Waals surface area contributed by atoms with Crippen molar-refractivity contribution in [2.75, 3.05) is 6.54 Å². The first-order valence-corrected chi connectivity index (χ1v) is 5.82. The highest BCUT2D eigenvalue weighted by Crippen LogP contribution is 2.01. The number of nitrogens with zero attached hydrogens (tertiary/aromatic N) is 1. The van der Waals surface area contributed by atoms with Crippen molar-refractivity contribution in [2.24, 2.45) is 0 Å². The van der Waals surface area contributed by atoms with Gasteiger partial charge in [-0.25, -0.2) is 0 Å². The van der Waals surface area contributed by atoms with Crippen molar-refractivity contribution < 1.29 is 4.79 Å². The van der Waals surface area contributed by atoms with Gasteiger partial charge < -0.3 is 5.32 Å². The van der Waals surface area contributed by atoms with E-state index in [9.17, 15) is 4.79 Å². The second kappa shape index (κ2) is 7.12. The molecule has 0 bridgehead atoms. The third-order valence-electron chi connectivity index (χ3n) is 2.31. The zero-order valence-electron chi connectivity index (χ0n) is 10.1. The number of ketones is 1. The molecular weight excluding hydrogens is 200 g/mol. The van der Waals surface area contributed by atoms with Gasteiger partial charge in [0.05, 0.1) is 0 Å². The lowest BCUT2D eigenvalue weighted by molar-refractivity contribution is -0.118. The topological polar surface area (TPSA) is 42.0 Å². The molecule has 3 heteroatoms. The van der Waals surface area contributed by atoms with Crippen LogP contribution in [0, 0.1) is 0 Å². The van der Waals surface area contributed by atoms with Gasteiger partial charge in [0.2, 0.25) is 0 Å². The Kier molecular flexibility index (Phi) is 5.72. The van der Waals surface area contributed by atoms with E-state index in [-0.39, 0.29) is 0 Å². The van der Waals surface area contributed by atoms with Gasteiger partial charge in [-0.05, 0) is 24.6 Å². The largest absolute Gasteiger partial charge is 0.315 e. The molecule has 0 aliphatic carbocycles. The molecule has 0 spiro atoms. The van der Waals surface area contributed by atoms with Crippen LogP contribution in [0.2, 0.25) is 0 Å². The summed E-state index contributed by atoms with van der Waals surface area (Å²) in [5, 5.41) is 3.30. The Morgan fingerprint density at radius 3 is 2.94 bits per heavy atom. The van der Waals surface area contributed by atoms with Crippen molar-refractivity contribution in [1.29, 1.82) is 0 Å². The van der Waals surface area contributed by atoms with E-state index in [1.165, 1.54) is 0 Å². The van der Waals surface area contributed by atoms with Gasteiger partial charge in [-0.3, -0.25) is 9.78 Å². The smallest absolute Gasteiger partial charge is 0.137 e. The minimum Gasteiger partial charge on any atom is -0.315 e. The first-order valence-electron chi connectivity index (χ1n) is 5.82. The Balaban J connectivity index is 2.17. The molecule has 0 aliphatic heterocycles. The standard InChI is InChI=1S/C13H20N2O/c1-11(2)15-8-4-6-13(16)9-12-5-3-7-14-10-12/h3,5,7,10-11,15H,4,6,8-9H2,1-2H3. The minimum absolute atomic E-state index is 0.290. The molecule has 0 amide bonds. The summed E-state index contributed by atoms with van der Waals surface area (Å²) in [6, 6.07) is 4.30. The van der Waals surface area contributed by atoms with Crippen LogP contribution in [-0.2, 0) is 11.2 Å². The van der Waals surface area contributed by atoms with Gasteiger partial charge in [-0.2, -0.15) is 0 Å². The van der Waals surface area contributed by atoms with Gasteiger partial charge in [0.1, 0.15) is 5.78 Å². The summed E-state index contributed by atoms with van der Waals surface area (Å²) in [4.78, 5) is 15.6. The first kappa shape index (κ1) is 12.8. The number of carbonyl (C=O) groups is 1. The molecule has 0 radical (unpaired) electrons. The lowest BCUT2D eigenvalue weighted by Crippen LogP contribution is -2.24. The number of pyridine rings is 1. The summed E-state index contributed by atoms with van der Waals surface area (Å²) in [5.41, 5.74) is 1.00. The van der Waals surface area contributed by atoms with Crippen LogP contribution < -0.4 is 5.32 Å². The van der Waals surface area contributed by atoms with E-state index in [0.717, 1.165) is 18.5 Å². The van der Waals surface area contributed by atoms with Crippen LogP contribution in [0.15, 0.2) is 24.5 Å². The Bertz CT molecular complexity index is 309. The van der Waals surface area contributed by atoms with Crippen LogP contribution in [0.4, 0.5) is 0 Å². The van der Waals surface area contributed by atoms with Gasteiger partial charge in [0.25, 0.3) is 0 Å². The van der Waals surface area contributed by atoms with Crippen molar-refractivity contribution in [3.8, 4) is 0 Å². The predicted molar refractivity (Wildman–Crippen MR) is 65.3 cm³/mol. The molecule has 3 nitrogen and oxygen atoms in total. The van der Waals surface area contributed by atoms with Crippen molar-refractivity contribution in [3.63, 3.8) is 0 Å². The summed E-state index contributed by atoms with van der Waals surface area (Å²) in [6.45, 7) is 5.13. The highest BCUT2D eigenvalue weighted by Gasteiger charge is 2.03. The monoisotopic (exact) mass is 220 g/mol. The van der Waals surface area contributed by atoms with Crippen LogP contribution in [0.25, 0.3) is 0 Å². The molecule has 1 rings (SSSR count). The average molecular weight is 220 g/mol. The molecule has 0 saturated heterocycles. The SMILES string of the molecule is CC(C)NCCCC(=O)Cc1cccnc1. The fourth-order valence-corrected chi connectivity index (χ4v) is 1.50. The molecule has 1 N–H and O–H groups in total. The Morgan fingerprint density at radius 1 is 1.50 bits per heavy atom. The van der Waals surface area contributed by atoms with Gasteiger partial charge in [0.15, 0.2) is 0 Å². The van der Waals surface area contributed by atoms with Gasteiger partial charge in [-0.1, -0.05) is 19.9 Å². The van der Waals surface area contributed by atoms with Crippen molar-refractivity contribution >= 4 is 5.78 Å². The van der Waals surface area contributed by atoms with Crippen molar-refractivity contribution in [3.05, 3.63) is 30.1 Å². The fourth-order valence-electron chi connectivity index (χ4n) is 1.50. The van der Waals surface area contributed by atoms with Crippen LogP contribution in [0.3, 0.4) is 0 Å².